The molecule has 0 aromatic heterocycles. The van der Waals surface area contributed by atoms with Gasteiger partial charge in [0.15, 0.2) is 0 Å². The van der Waals surface area contributed by atoms with Gasteiger partial charge in [-0.1, -0.05) is 0 Å². The van der Waals surface area contributed by atoms with Crippen molar-refractivity contribution in [2.24, 2.45) is 0 Å². The summed E-state index contributed by atoms with van der Waals surface area (Å²) in [5, 5.41) is 3.19. The molecule has 1 heterocycles. The van der Waals surface area contributed by atoms with Gasteiger partial charge in [0.25, 0.3) is 0 Å². The maximum Gasteiger partial charge on any atom is 0.144 e. The Hall–Kier alpha value is -0.610. The summed E-state index contributed by atoms with van der Waals surface area (Å²) in [6.07, 6.45) is 3.53. The van der Waals surface area contributed by atoms with E-state index in [0.29, 0.717) is 4.90 Å². The van der Waals surface area contributed by atoms with Crippen LogP contribution in [0.2, 0.25) is 0 Å². The van der Waals surface area contributed by atoms with Gasteiger partial charge in [-0.3, -0.25) is 0 Å². The zero-order valence-electron chi connectivity index (χ0n) is 9.44. The lowest BCUT2D eigenvalue weighted by molar-refractivity contribution is 0.381. The number of benzene rings is 1. The molecular formula is C12H15F2NS. The van der Waals surface area contributed by atoms with E-state index < -0.39 is 17.2 Å². The highest BCUT2D eigenvalue weighted by Gasteiger charge is 2.35. The molecule has 1 aromatic rings. The molecule has 1 atom stereocenters. The van der Waals surface area contributed by atoms with E-state index in [1.54, 1.807) is 6.26 Å². The third kappa shape index (κ3) is 1.84. The Bertz CT molecular complexity index is 400. The monoisotopic (exact) mass is 243 g/mol. The Morgan fingerprint density at radius 3 is 2.69 bits per heavy atom. The lowest BCUT2D eigenvalue weighted by atomic mass is 9.89. The molecule has 1 aliphatic rings. The minimum atomic E-state index is -0.556. The number of thioether (sulfide) groups is 1. The highest BCUT2D eigenvalue weighted by Crippen LogP contribution is 2.36. The standard InChI is InChI=1S/C12H15F2NS/c1-12(6-3-7-15-12)10-8(13)4-5-9(16-2)11(10)14/h4-5,15H,3,6-7H2,1-2H3. The molecule has 1 N–H and O–H groups in total. The van der Waals surface area contributed by atoms with Crippen LogP contribution < -0.4 is 5.32 Å². The normalized spacial score (nSPS) is 25.0. The summed E-state index contributed by atoms with van der Waals surface area (Å²) in [4.78, 5) is 0.506. The van der Waals surface area contributed by atoms with Crippen molar-refractivity contribution in [1.82, 2.24) is 5.32 Å². The summed E-state index contributed by atoms with van der Waals surface area (Å²) in [7, 11) is 0. The molecule has 4 heteroatoms. The number of halogens is 2. The van der Waals surface area contributed by atoms with Crippen LogP contribution in [0.5, 0.6) is 0 Å². The highest BCUT2D eigenvalue weighted by molar-refractivity contribution is 7.98. The molecule has 0 saturated carbocycles. The van der Waals surface area contributed by atoms with E-state index in [0.717, 1.165) is 19.4 Å². The second kappa shape index (κ2) is 4.34. The average Bonchev–Trinajstić information content (AvgIpc) is 2.66. The Morgan fingerprint density at radius 1 is 1.38 bits per heavy atom. The second-order valence-electron chi connectivity index (χ2n) is 4.30. The molecule has 1 saturated heterocycles. The zero-order valence-corrected chi connectivity index (χ0v) is 10.3. The summed E-state index contributed by atoms with van der Waals surface area (Å²) in [6.45, 7) is 2.68. The molecule has 2 rings (SSSR count). The van der Waals surface area contributed by atoms with Gasteiger partial charge in [0, 0.05) is 16.0 Å². The van der Waals surface area contributed by atoms with E-state index in [9.17, 15) is 8.78 Å². The zero-order chi connectivity index (χ0) is 11.8. The van der Waals surface area contributed by atoms with Crippen LogP contribution in [0.25, 0.3) is 0 Å². The van der Waals surface area contributed by atoms with Gasteiger partial charge in [-0.2, -0.15) is 0 Å². The van der Waals surface area contributed by atoms with Gasteiger partial charge in [0.05, 0.1) is 0 Å². The van der Waals surface area contributed by atoms with E-state index >= 15 is 0 Å². The summed E-state index contributed by atoms with van der Waals surface area (Å²) < 4.78 is 27.9. The molecule has 1 aromatic carbocycles. The molecule has 1 aliphatic heterocycles. The topological polar surface area (TPSA) is 12.0 Å². The van der Waals surface area contributed by atoms with Crippen molar-refractivity contribution >= 4 is 11.8 Å². The molecule has 0 amide bonds. The van der Waals surface area contributed by atoms with Gasteiger partial charge in [0.1, 0.15) is 11.6 Å². The fraction of sp³-hybridized carbons (Fsp3) is 0.500. The van der Waals surface area contributed by atoms with Gasteiger partial charge < -0.3 is 5.32 Å². The Morgan fingerprint density at radius 2 is 2.12 bits per heavy atom. The average molecular weight is 243 g/mol. The van der Waals surface area contributed by atoms with Crippen molar-refractivity contribution in [3.05, 3.63) is 29.3 Å². The van der Waals surface area contributed by atoms with Crippen LogP contribution in [0, 0.1) is 11.6 Å². The van der Waals surface area contributed by atoms with E-state index in [2.05, 4.69) is 5.32 Å². The first kappa shape index (κ1) is 11.9. The van der Waals surface area contributed by atoms with Gasteiger partial charge in [0.2, 0.25) is 0 Å². The van der Waals surface area contributed by atoms with Crippen LogP contribution >= 0.6 is 11.8 Å². The number of nitrogens with one attached hydrogen (secondary N) is 1. The Labute approximate surface area is 98.6 Å². The molecule has 0 spiro atoms. The molecule has 0 aliphatic carbocycles. The minimum Gasteiger partial charge on any atom is -0.307 e. The number of hydrogen-bond donors (Lipinski definition) is 1. The largest absolute Gasteiger partial charge is 0.307 e. The molecule has 1 nitrogen and oxygen atoms in total. The maximum absolute atomic E-state index is 14.1. The third-order valence-corrected chi connectivity index (χ3v) is 3.95. The first-order valence-electron chi connectivity index (χ1n) is 5.36. The van der Waals surface area contributed by atoms with Gasteiger partial charge >= 0.3 is 0 Å². The molecular weight excluding hydrogens is 228 g/mol. The lowest BCUT2D eigenvalue weighted by Gasteiger charge is -2.26. The van der Waals surface area contributed by atoms with E-state index in [4.69, 9.17) is 0 Å². The lowest BCUT2D eigenvalue weighted by Crippen LogP contribution is -2.35. The summed E-state index contributed by atoms with van der Waals surface area (Å²) in [5.41, 5.74) is -0.364. The molecule has 1 fully saturated rings. The van der Waals surface area contributed by atoms with Gasteiger partial charge in [-0.25, -0.2) is 8.78 Å². The smallest absolute Gasteiger partial charge is 0.144 e. The van der Waals surface area contributed by atoms with Crippen LogP contribution in [0.15, 0.2) is 17.0 Å². The summed E-state index contributed by atoms with van der Waals surface area (Å²) >= 11 is 1.31. The van der Waals surface area contributed by atoms with Crippen LogP contribution in [0.4, 0.5) is 8.78 Å². The second-order valence-corrected chi connectivity index (χ2v) is 5.15. The van der Waals surface area contributed by atoms with Crippen LogP contribution in [0.1, 0.15) is 25.3 Å². The minimum absolute atomic E-state index is 0.192. The van der Waals surface area contributed by atoms with Crippen molar-refractivity contribution in [2.75, 3.05) is 12.8 Å². The predicted octanol–water partition coefficient (Wildman–Crippen LogP) is 3.29. The Kier molecular flexibility index (Phi) is 3.22. The number of rotatable bonds is 2. The Balaban J connectivity index is 2.54. The van der Waals surface area contributed by atoms with Crippen LogP contribution in [0.3, 0.4) is 0 Å². The summed E-state index contributed by atoms with van der Waals surface area (Å²) in [5.74, 6) is -0.864. The number of hydrogen-bond acceptors (Lipinski definition) is 2. The van der Waals surface area contributed by atoms with Crippen LogP contribution in [-0.2, 0) is 5.54 Å². The van der Waals surface area contributed by atoms with Crippen molar-refractivity contribution < 1.29 is 8.78 Å². The quantitative estimate of drug-likeness (QED) is 0.800. The predicted molar refractivity (Wildman–Crippen MR) is 62.7 cm³/mol. The fourth-order valence-electron chi connectivity index (χ4n) is 2.30. The molecule has 88 valence electrons. The van der Waals surface area contributed by atoms with Crippen molar-refractivity contribution in [3.63, 3.8) is 0 Å². The van der Waals surface area contributed by atoms with Crippen molar-refractivity contribution in [1.29, 1.82) is 0 Å². The fourth-order valence-corrected chi connectivity index (χ4v) is 2.79. The molecule has 1 unspecified atom stereocenters. The molecule has 16 heavy (non-hydrogen) atoms. The van der Waals surface area contributed by atoms with E-state index in [1.807, 2.05) is 6.92 Å². The summed E-state index contributed by atoms with van der Waals surface area (Å²) in [6, 6.07) is 2.85. The van der Waals surface area contributed by atoms with Gasteiger partial charge in [-0.05, 0) is 44.7 Å². The first-order chi connectivity index (χ1) is 7.58. The van der Waals surface area contributed by atoms with Crippen molar-refractivity contribution in [3.8, 4) is 0 Å². The van der Waals surface area contributed by atoms with E-state index in [-0.39, 0.29) is 5.56 Å². The van der Waals surface area contributed by atoms with Crippen molar-refractivity contribution in [2.45, 2.75) is 30.2 Å². The van der Waals surface area contributed by atoms with Gasteiger partial charge in [-0.15, -0.1) is 11.8 Å². The SMILES string of the molecule is CSc1ccc(F)c(C2(C)CCCN2)c1F. The molecule has 0 radical (unpaired) electrons. The first-order valence-corrected chi connectivity index (χ1v) is 6.58. The third-order valence-electron chi connectivity index (χ3n) is 3.20. The van der Waals surface area contributed by atoms with Crippen LogP contribution in [-0.4, -0.2) is 12.8 Å². The maximum atomic E-state index is 14.1. The van der Waals surface area contributed by atoms with E-state index in [1.165, 1.54) is 23.9 Å². The molecule has 0 bridgehead atoms. The highest BCUT2D eigenvalue weighted by atomic mass is 32.2.